The van der Waals surface area contributed by atoms with E-state index < -0.39 is 0 Å². The molecule has 0 fully saturated rings. The van der Waals surface area contributed by atoms with Crippen LogP contribution in [0.1, 0.15) is 50.4 Å². The molecule has 100 valence electrons. The van der Waals surface area contributed by atoms with Crippen LogP contribution in [0.2, 0.25) is 0 Å². The number of nitrogens with one attached hydrogen (secondary N) is 1. The Bertz CT molecular complexity index is 379. The summed E-state index contributed by atoms with van der Waals surface area (Å²) in [4.78, 5) is 4.52. The largest absolute Gasteiger partial charge is 0.395 e. The summed E-state index contributed by atoms with van der Waals surface area (Å²) in [6.07, 6.45) is 6.34. The molecular formula is C15H24N2O. The number of pyridine rings is 1. The van der Waals surface area contributed by atoms with E-state index in [0.29, 0.717) is 12.0 Å². The van der Waals surface area contributed by atoms with Crippen molar-refractivity contribution in [2.75, 3.05) is 6.61 Å². The first kappa shape index (κ1) is 13.5. The Labute approximate surface area is 110 Å². The average Bonchev–Trinajstić information content (AvgIpc) is 2.38. The van der Waals surface area contributed by atoms with Crippen LogP contribution in [0.4, 0.5) is 0 Å². The highest BCUT2D eigenvalue weighted by atomic mass is 16.3. The van der Waals surface area contributed by atoms with Crippen LogP contribution in [0.3, 0.4) is 0 Å². The van der Waals surface area contributed by atoms with Crippen molar-refractivity contribution in [3.8, 4) is 0 Å². The van der Waals surface area contributed by atoms with Crippen LogP contribution >= 0.6 is 0 Å². The number of hydrogen-bond acceptors (Lipinski definition) is 3. The minimum Gasteiger partial charge on any atom is -0.395 e. The zero-order valence-electron chi connectivity index (χ0n) is 11.4. The summed E-state index contributed by atoms with van der Waals surface area (Å²) >= 11 is 0. The first-order valence-corrected chi connectivity index (χ1v) is 7.01. The molecule has 2 atom stereocenters. The van der Waals surface area contributed by atoms with Crippen molar-refractivity contribution < 1.29 is 5.11 Å². The van der Waals surface area contributed by atoms with E-state index in [2.05, 4.69) is 30.2 Å². The molecule has 1 aliphatic carbocycles. The van der Waals surface area contributed by atoms with Gasteiger partial charge in [-0.1, -0.05) is 19.9 Å². The Kier molecular flexibility index (Phi) is 4.72. The number of nitrogens with zero attached hydrogens (tertiary/aromatic N) is 1. The Morgan fingerprint density at radius 1 is 1.50 bits per heavy atom. The van der Waals surface area contributed by atoms with E-state index >= 15 is 0 Å². The molecule has 0 amide bonds. The monoisotopic (exact) mass is 248 g/mol. The maximum absolute atomic E-state index is 9.47. The van der Waals surface area contributed by atoms with Crippen LogP contribution in [0, 0.1) is 5.92 Å². The maximum Gasteiger partial charge on any atom is 0.0605 e. The molecule has 0 aromatic carbocycles. The molecule has 2 N–H and O–H groups in total. The number of aliphatic hydroxyl groups is 1. The second-order valence-corrected chi connectivity index (χ2v) is 5.67. The van der Waals surface area contributed by atoms with E-state index in [1.165, 1.54) is 17.7 Å². The summed E-state index contributed by atoms with van der Waals surface area (Å²) < 4.78 is 0. The summed E-state index contributed by atoms with van der Waals surface area (Å²) in [7, 11) is 0. The molecule has 2 unspecified atom stereocenters. The fraction of sp³-hybridized carbons (Fsp3) is 0.667. The van der Waals surface area contributed by atoms with Gasteiger partial charge in [-0.3, -0.25) is 4.98 Å². The van der Waals surface area contributed by atoms with Gasteiger partial charge in [-0.2, -0.15) is 0 Å². The lowest BCUT2D eigenvalue weighted by Crippen LogP contribution is -2.38. The van der Waals surface area contributed by atoms with Gasteiger partial charge in [0, 0.05) is 12.2 Å². The standard InChI is InChI=1S/C15H24N2O/c1-11(2)9-13(10-18)17-14-7-3-5-12-6-4-8-16-15(12)14/h4,6,8,11,13-14,17-18H,3,5,7,9-10H2,1-2H3. The third kappa shape index (κ3) is 3.30. The maximum atomic E-state index is 9.47. The molecule has 18 heavy (non-hydrogen) atoms. The highest BCUT2D eigenvalue weighted by molar-refractivity contribution is 5.25. The highest BCUT2D eigenvalue weighted by Crippen LogP contribution is 2.28. The number of rotatable bonds is 5. The molecular weight excluding hydrogens is 224 g/mol. The van der Waals surface area contributed by atoms with Crippen molar-refractivity contribution in [2.24, 2.45) is 5.92 Å². The van der Waals surface area contributed by atoms with Crippen LogP contribution in [0.5, 0.6) is 0 Å². The van der Waals surface area contributed by atoms with Gasteiger partial charge in [0.1, 0.15) is 0 Å². The number of fused-ring (bicyclic) bond motifs is 1. The summed E-state index contributed by atoms with van der Waals surface area (Å²) in [6, 6.07) is 4.68. The van der Waals surface area contributed by atoms with Crippen LogP contribution < -0.4 is 5.32 Å². The molecule has 0 saturated heterocycles. The van der Waals surface area contributed by atoms with Gasteiger partial charge in [-0.15, -0.1) is 0 Å². The number of aliphatic hydroxyl groups excluding tert-OH is 1. The van der Waals surface area contributed by atoms with Crippen molar-refractivity contribution in [3.63, 3.8) is 0 Å². The SMILES string of the molecule is CC(C)CC(CO)NC1CCCc2cccnc21. The molecule has 1 aromatic rings. The molecule has 3 heteroatoms. The Morgan fingerprint density at radius 2 is 2.33 bits per heavy atom. The minimum absolute atomic E-state index is 0.183. The summed E-state index contributed by atoms with van der Waals surface area (Å²) in [6.45, 7) is 4.59. The first-order chi connectivity index (χ1) is 8.70. The van der Waals surface area contributed by atoms with Crippen molar-refractivity contribution in [3.05, 3.63) is 29.6 Å². The predicted octanol–water partition coefficient (Wildman–Crippen LogP) is 2.46. The van der Waals surface area contributed by atoms with Gasteiger partial charge in [0.2, 0.25) is 0 Å². The second-order valence-electron chi connectivity index (χ2n) is 5.67. The average molecular weight is 248 g/mol. The van der Waals surface area contributed by atoms with Crippen molar-refractivity contribution in [1.82, 2.24) is 10.3 Å². The zero-order valence-corrected chi connectivity index (χ0v) is 11.4. The van der Waals surface area contributed by atoms with E-state index in [4.69, 9.17) is 0 Å². The van der Waals surface area contributed by atoms with Gasteiger partial charge in [-0.05, 0) is 43.2 Å². The van der Waals surface area contributed by atoms with Crippen LogP contribution in [-0.2, 0) is 6.42 Å². The van der Waals surface area contributed by atoms with E-state index in [-0.39, 0.29) is 12.6 Å². The molecule has 0 bridgehead atoms. The third-order valence-corrected chi connectivity index (χ3v) is 3.61. The lowest BCUT2D eigenvalue weighted by atomic mass is 9.91. The number of hydrogen-bond donors (Lipinski definition) is 2. The van der Waals surface area contributed by atoms with Crippen molar-refractivity contribution >= 4 is 0 Å². The first-order valence-electron chi connectivity index (χ1n) is 7.01. The molecule has 0 aliphatic heterocycles. The van der Waals surface area contributed by atoms with Gasteiger partial charge in [0.05, 0.1) is 18.3 Å². The third-order valence-electron chi connectivity index (χ3n) is 3.61. The molecule has 0 saturated carbocycles. The van der Waals surface area contributed by atoms with Gasteiger partial charge >= 0.3 is 0 Å². The number of aryl methyl sites for hydroxylation is 1. The molecule has 1 aliphatic rings. The van der Waals surface area contributed by atoms with Crippen molar-refractivity contribution in [1.29, 1.82) is 0 Å². The fourth-order valence-electron chi connectivity index (χ4n) is 2.82. The normalized spacial score (nSPS) is 20.8. The molecule has 0 spiro atoms. The highest BCUT2D eigenvalue weighted by Gasteiger charge is 2.23. The number of aromatic nitrogens is 1. The molecule has 0 radical (unpaired) electrons. The summed E-state index contributed by atoms with van der Waals surface area (Å²) in [5.41, 5.74) is 2.55. The van der Waals surface area contributed by atoms with Crippen LogP contribution in [0.25, 0.3) is 0 Å². The minimum atomic E-state index is 0.183. The Balaban J connectivity index is 2.06. The molecule has 3 nitrogen and oxygen atoms in total. The Morgan fingerprint density at radius 3 is 3.06 bits per heavy atom. The van der Waals surface area contributed by atoms with Gasteiger partial charge in [-0.25, -0.2) is 0 Å². The van der Waals surface area contributed by atoms with Gasteiger partial charge < -0.3 is 10.4 Å². The smallest absolute Gasteiger partial charge is 0.0605 e. The predicted molar refractivity (Wildman–Crippen MR) is 73.4 cm³/mol. The van der Waals surface area contributed by atoms with Gasteiger partial charge in [0.25, 0.3) is 0 Å². The molecule has 1 heterocycles. The van der Waals surface area contributed by atoms with E-state index in [9.17, 15) is 5.11 Å². The van der Waals surface area contributed by atoms with Crippen LogP contribution in [-0.4, -0.2) is 22.7 Å². The Hall–Kier alpha value is -0.930. The topological polar surface area (TPSA) is 45.1 Å². The van der Waals surface area contributed by atoms with E-state index in [1.54, 1.807) is 0 Å². The van der Waals surface area contributed by atoms with Gasteiger partial charge in [0.15, 0.2) is 0 Å². The zero-order chi connectivity index (χ0) is 13.0. The molecule has 2 rings (SSSR count). The molecule has 1 aromatic heterocycles. The second kappa shape index (κ2) is 6.30. The lowest BCUT2D eigenvalue weighted by molar-refractivity contribution is 0.207. The lowest BCUT2D eigenvalue weighted by Gasteiger charge is -2.29. The van der Waals surface area contributed by atoms with E-state index in [0.717, 1.165) is 19.3 Å². The van der Waals surface area contributed by atoms with Crippen LogP contribution in [0.15, 0.2) is 18.3 Å². The van der Waals surface area contributed by atoms with Crippen molar-refractivity contribution in [2.45, 2.75) is 51.6 Å². The summed E-state index contributed by atoms with van der Waals surface area (Å²) in [5, 5.41) is 13.1. The quantitative estimate of drug-likeness (QED) is 0.841. The van der Waals surface area contributed by atoms with E-state index in [1.807, 2.05) is 12.3 Å². The summed E-state index contributed by atoms with van der Waals surface area (Å²) in [5.74, 6) is 0.599. The fourth-order valence-corrected chi connectivity index (χ4v) is 2.82.